The van der Waals surface area contributed by atoms with Crippen LogP contribution in [0.2, 0.25) is 5.02 Å². The minimum atomic E-state index is -0.0972. The van der Waals surface area contributed by atoms with E-state index in [1.165, 1.54) is 0 Å². The Morgan fingerprint density at radius 2 is 2.21 bits per heavy atom. The van der Waals surface area contributed by atoms with Crippen LogP contribution in [-0.2, 0) is 4.79 Å². The van der Waals surface area contributed by atoms with Crippen LogP contribution in [0.1, 0.15) is 5.56 Å². The first-order valence-electron chi connectivity index (χ1n) is 4.34. The van der Waals surface area contributed by atoms with Crippen LogP contribution in [0.5, 0.6) is 0 Å². The molecular weight excluding hydrogens is 200 g/mol. The molecule has 1 rings (SSSR count). The largest absolute Gasteiger partial charge is 0.324 e. The predicted octanol–water partition coefficient (Wildman–Crippen LogP) is 1.81. The minimum absolute atomic E-state index is 0.0972. The summed E-state index contributed by atoms with van der Waals surface area (Å²) in [6, 6.07) is 5.51. The van der Waals surface area contributed by atoms with E-state index in [2.05, 4.69) is 10.6 Å². The van der Waals surface area contributed by atoms with E-state index in [4.69, 9.17) is 11.6 Å². The van der Waals surface area contributed by atoms with Crippen molar-refractivity contribution in [3.8, 4) is 0 Å². The van der Waals surface area contributed by atoms with Crippen molar-refractivity contribution in [2.75, 3.05) is 18.9 Å². The zero-order valence-electron chi connectivity index (χ0n) is 8.23. The van der Waals surface area contributed by atoms with Gasteiger partial charge in [0, 0.05) is 0 Å². The number of halogens is 1. The van der Waals surface area contributed by atoms with E-state index < -0.39 is 0 Å². The van der Waals surface area contributed by atoms with Gasteiger partial charge in [-0.3, -0.25) is 4.79 Å². The number of carbonyl (C=O) groups is 1. The highest BCUT2D eigenvalue weighted by Gasteiger charge is 2.04. The van der Waals surface area contributed by atoms with Gasteiger partial charge in [0.25, 0.3) is 0 Å². The summed E-state index contributed by atoms with van der Waals surface area (Å²) in [6.07, 6.45) is 0. The Kier molecular flexibility index (Phi) is 3.92. The van der Waals surface area contributed by atoms with Gasteiger partial charge in [0.05, 0.1) is 17.3 Å². The molecule has 0 spiro atoms. The summed E-state index contributed by atoms with van der Waals surface area (Å²) >= 11 is 5.91. The SMILES string of the molecule is CNCC(=O)Nc1cc(C)ccc1Cl. The van der Waals surface area contributed by atoms with Gasteiger partial charge in [0.15, 0.2) is 0 Å². The Labute approximate surface area is 88.5 Å². The van der Waals surface area contributed by atoms with Crippen molar-refractivity contribution in [3.05, 3.63) is 28.8 Å². The molecule has 0 fully saturated rings. The third-order valence-corrected chi connectivity index (χ3v) is 2.06. The normalized spacial score (nSPS) is 9.93. The number of aryl methyl sites for hydroxylation is 1. The van der Waals surface area contributed by atoms with E-state index in [1.54, 1.807) is 13.1 Å². The molecule has 0 heterocycles. The minimum Gasteiger partial charge on any atom is -0.324 e. The topological polar surface area (TPSA) is 41.1 Å². The van der Waals surface area contributed by atoms with Crippen LogP contribution in [0.25, 0.3) is 0 Å². The van der Waals surface area contributed by atoms with Gasteiger partial charge < -0.3 is 10.6 Å². The molecule has 0 aliphatic rings. The number of carbonyl (C=O) groups excluding carboxylic acids is 1. The lowest BCUT2D eigenvalue weighted by atomic mass is 10.2. The zero-order chi connectivity index (χ0) is 10.6. The van der Waals surface area contributed by atoms with Crippen molar-refractivity contribution in [1.29, 1.82) is 0 Å². The second-order valence-electron chi connectivity index (χ2n) is 3.06. The summed E-state index contributed by atoms with van der Waals surface area (Å²) < 4.78 is 0. The molecule has 14 heavy (non-hydrogen) atoms. The van der Waals surface area contributed by atoms with Gasteiger partial charge in [-0.25, -0.2) is 0 Å². The number of nitrogens with one attached hydrogen (secondary N) is 2. The van der Waals surface area contributed by atoms with Gasteiger partial charge >= 0.3 is 0 Å². The van der Waals surface area contributed by atoms with E-state index in [0.29, 0.717) is 10.7 Å². The summed E-state index contributed by atoms with van der Waals surface area (Å²) in [5, 5.41) is 6.04. The molecule has 4 heteroatoms. The van der Waals surface area contributed by atoms with Crippen molar-refractivity contribution in [3.63, 3.8) is 0 Å². The second kappa shape index (κ2) is 4.98. The third kappa shape index (κ3) is 3.01. The van der Waals surface area contributed by atoms with E-state index in [-0.39, 0.29) is 12.5 Å². The Morgan fingerprint density at radius 1 is 1.50 bits per heavy atom. The van der Waals surface area contributed by atoms with Crippen LogP contribution in [0.3, 0.4) is 0 Å². The van der Waals surface area contributed by atoms with E-state index in [1.807, 2.05) is 19.1 Å². The number of rotatable bonds is 3. The van der Waals surface area contributed by atoms with Crippen molar-refractivity contribution in [1.82, 2.24) is 5.32 Å². The maximum atomic E-state index is 11.2. The first kappa shape index (κ1) is 11.0. The Hall–Kier alpha value is -1.06. The predicted molar refractivity (Wildman–Crippen MR) is 58.7 cm³/mol. The molecule has 0 radical (unpaired) electrons. The molecule has 1 aromatic carbocycles. The first-order chi connectivity index (χ1) is 6.63. The highest BCUT2D eigenvalue weighted by atomic mass is 35.5. The van der Waals surface area contributed by atoms with Crippen LogP contribution in [0.15, 0.2) is 18.2 Å². The molecule has 0 saturated carbocycles. The van der Waals surface area contributed by atoms with Gasteiger partial charge in [-0.05, 0) is 31.7 Å². The average Bonchev–Trinajstić information content (AvgIpc) is 2.12. The molecular formula is C10H13ClN2O. The quantitative estimate of drug-likeness (QED) is 0.803. The maximum absolute atomic E-state index is 11.2. The molecule has 1 amide bonds. The highest BCUT2D eigenvalue weighted by Crippen LogP contribution is 2.22. The van der Waals surface area contributed by atoms with Crippen molar-refractivity contribution in [2.45, 2.75) is 6.92 Å². The van der Waals surface area contributed by atoms with Crippen molar-refractivity contribution in [2.24, 2.45) is 0 Å². The van der Waals surface area contributed by atoms with Crippen LogP contribution in [0.4, 0.5) is 5.69 Å². The molecule has 0 saturated heterocycles. The molecule has 0 bridgehead atoms. The van der Waals surface area contributed by atoms with Gasteiger partial charge in [-0.2, -0.15) is 0 Å². The van der Waals surface area contributed by atoms with Gasteiger partial charge in [-0.15, -0.1) is 0 Å². The lowest BCUT2D eigenvalue weighted by Gasteiger charge is -2.07. The maximum Gasteiger partial charge on any atom is 0.238 e. The summed E-state index contributed by atoms with van der Waals surface area (Å²) in [5.41, 5.74) is 1.72. The van der Waals surface area contributed by atoms with Crippen LogP contribution < -0.4 is 10.6 Å². The summed E-state index contributed by atoms with van der Waals surface area (Å²) in [7, 11) is 1.72. The Morgan fingerprint density at radius 3 is 2.86 bits per heavy atom. The smallest absolute Gasteiger partial charge is 0.238 e. The fourth-order valence-corrected chi connectivity index (χ4v) is 1.25. The van der Waals surface area contributed by atoms with E-state index >= 15 is 0 Å². The van der Waals surface area contributed by atoms with E-state index in [0.717, 1.165) is 5.56 Å². The number of hydrogen-bond donors (Lipinski definition) is 2. The molecule has 76 valence electrons. The van der Waals surface area contributed by atoms with Crippen molar-refractivity contribution >= 4 is 23.2 Å². The molecule has 0 aliphatic heterocycles. The zero-order valence-corrected chi connectivity index (χ0v) is 8.98. The number of anilines is 1. The highest BCUT2D eigenvalue weighted by molar-refractivity contribution is 6.33. The first-order valence-corrected chi connectivity index (χ1v) is 4.72. The average molecular weight is 213 g/mol. The summed E-state index contributed by atoms with van der Waals surface area (Å²) in [5.74, 6) is -0.0972. The Bertz CT molecular complexity index is 339. The van der Waals surface area contributed by atoms with Crippen molar-refractivity contribution < 1.29 is 4.79 Å². The third-order valence-electron chi connectivity index (χ3n) is 1.73. The number of hydrogen-bond acceptors (Lipinski definition) is 2. The number of amides is 1. The Balaban J connectivity index is 2.75. The number of benzene rings is 1. The van der Waals surface area contributed by atoms with Crippen LogP contribution in [0, 0.1) is 6.92 Å². The molecule has 0 unspecified atom stereocenters. The molecule has 3 nitrogen and oxygen atoms in total. The molecule has 2 N–H and O–H groups in total. The van der Waals surface area contributed by atoms with Gasteiger partial charge in [-0.1, -0.05) is 17.7 Å². The second-order valence-corrected chi connectivity index (χ2v) is 3.47. The van der Waals surface area contributed by atoms with Gasteiger partial charge in [0.1, 0.15) is 0 Å². The lowest BCUT2D eigenvalue weighted by molar-refractivity contribution is -0.115. The van der Waals surface area contributed by atoms with Gasteiger partial charge in [0.2, 0.25) is 5.91 Å². The van der Waals surface area contributed by atoms with Crippen LogP contribution in [-0.4, -0.2) is 19.5 Å². The molecule has 0 aromatic heterocycles. The fourth-order valence-electron chi connectivity index (χ4n) is 1.09. The summed E-state index contributed by atoms with van der Waals surface area (Å²) in [6.45, 7) is 2.23. The van der Waals surface area contributed by atoms with Crippen LogP contribution >= 0.6 is 11.6 Å². The van der Waals surface area contributed by atoms with E-state index in [9.17, 15) is 4.79 Å². The lowest BCUT2D eigenvalue weighted by Crippen LogP contribution is -2.25. The number of likely N-dealkylation sites (N-methyl/N-ethyl adjacent to an activating group) is 1. The summed E-state index contributed by atoms with van der Waals surface area (Å²) in [4.78, 5) is 11.2. The molecule has 0 aliphatic carbocycles. The monoisotopic (exact) mass is 212 g/mol. The molecule has 0 atom stereocenters. The molecule has 1 aromatic rings. The fraction of sp³-hybridized carbons (Fsp3) is 0.300. The standard InChI is InChI=1S/C10H13ClN2O/c1-7-3-4-8(11)9(5-7)13-10(14)6-12-2/h3-5,12H,6H2,1-2H3,(H,13,14).